The van der Waals surface area contributed by atoms with Gasteiger partial charge in [-0.2, -0.15) is 0 Å². The summed E-state index contributed by atoms with van der Waals surface area (Å²) >= 11 is 0. The van der Waals surface area contributed by atoms with E-state index in [1.165, 1.54) is 4.90 Å². The van der Waals surface area contributed by atoms with E-state index in [0.29, 0.717) is 24.2 Å². The highest BCUT2D eigenvalue weighted by Gasteiger charge is 2.34. The molecular weight excluding hydrogens is 336 g/mol. The number of nitrogens with one attached hydrogen (secondary N) is 1. The van der Waals surface area contributed by atoms with Crippen molar-refractivity contribution in [3.63, 3.8) is 0 Å². The number of fused-ring (bicyclic) bond motifs is 1. The summed E-state index contributed by atoms with van der Waals surface area (Å²) in [5, 5.41) is 3.50. The molecule has 1 N–H and O–H groups in total. The highest BCUT2D eigenvalue weighted by atomic mass is 16.2. The van der Waals surface area contributed by atoms with Crippen LogP contribution in [0.5, 0.6) is 0 Å². The number of hydrogen-bond acceptors (Lipinski definition) is 3. The van der Waals surface area contributed by atoms with Crippen LogP contribution in [0.1, 0.15) is 37.9 Å². The maximum absolute atomic E-state index is 12.5. The Kier molecular flexibility index (Phi) is 4.81. The lowest BCUT2D eigenvalue weighted by atomic mass is 9.99. The SMILES string of the molecule is O=C1c2ccccc2C(=O)N1CCNC(c1ccccc1)c1ccccc1. The number of carbonyl (C=O) groups is 2. The first kappa shape index (κ1) is 17.2. The number of nitrogens with zero attached hydrogens (tertiary/aromatic N) is 1. The Morgan fingerprint density at radius 2 is 1.11 bits per heavy atom. The second-order valence-electron chi connectivity index (χ2n) is 6.52. The Hall–Kier alpha value is -3.24. The molecule has 0 aliphatic carbocycles. The molecule has 1 aliphatic heterocycles. The summed E-state index contributed by atoms with van der Waals surface area (Å²) in [6.07, 6.45) is 0. The second-order valence-corrected chi connectivity index (χ2v) is 6.52. The molecule has 4 nitrogen and oxygen atoms in total. The number of amides is 2. The minimum absolute atomic E-state index is 0.00239. The van der Waals surface area contributed by atoms with Gasteiger partial charge in [0.2, 0.25) is 0 Å². The fourth-order valence-electron chi connectivity index (χ4n) is 3.48. The molecule has 134 valence electrons. The molecule has 0 radical (unpaired) electrons. The third-order valence-corrected chi connectivity index (χ3v) is 4.83. The lowest BCUT2D eigenvalue weighted by Gasteiger charge is -2.22. The highest BCUT2D eigenvalue weighted by Crippen LogP contribution is 2.23. The minimum Gasteiger partial charge on any atom is -0.304 e. The largest absolute Gasteiger partial charge is 0.304 e. The van der Waals surface area contributed by atoms with Crippen molar-refractivity contribution in [2.24, 2.45) is 0 Å². The Balaban J connectivity index is 1.48. The van der Waals surface area contributed by atoms with Gasteiger partial charge in [0.1, 0.15) is 0 Å². The second kappa shape index (κ2) is 7.56. The van der Waals surface area contributed by atoms with Crippen LogP contribution in [-0.4, -0.2) is 29.8 Å². The predicted octanol–water partition coefficient (Wildman–Crippen LogP) is 3.66. The van der Waals surface area contributed by atoms with Gasteiger partial charge >= 0.3 is 0 Å². The van der Waals surface area contributed by atoms with E-state index in [2.05, 4.69) is 29.6 Å². The van der Waals surface area contributed by atoms with Crippen LogP contribution in [0.25, 0.3) is 0 Å². The normalized spacial score (nSPS) is 13.3. The van der Waals surface area contributed by atoms with Crippen LogP contribution in [-0.2, 0) is 0 Å². The van der Waals surface area contributed by atoms with Gasteiger partial charge in [-0.25, -0.2) is 0 Å². The summed E-state index contributed by atoms with van der Waals surface area (Å²) in [5.41, 5.74) is 3.27. The summed E-state index contributed by atoms with van der Waals surface area (Å²) in [4.78, 5) is 26.3. The monoisotopic (exact) mass is 356 g/mol. The van der Waals surface area contributed by atoms with Gasteiger partial charge in [-0.1, -0.05) is 72.8 Å². The van der Waals surface area contributed by atoms with E-state index >= 15 is 0 Å². The number of rotatable bonds is 6. The van der Waals surface area contributed by atoms with E-state index in [9.17, 15) is 9.59 Å². The molecule has 0 aromatic heterocycles. The molecule has 4 heteroatoms. The fourth-order valence-corrected chi connectivity index (χ4v) is 3.48. The van der Waals surface area contributed by atoms with Crippen molar-refractivity contribution in [2.75, 3.05) is 13.1 Å². The zero-order valence-electron chi connectivity index (χ0n) is 14.8. The van der Waals surface area contributed by atoms with Crippen LogP contribution in [0.4, 0.5) is 0 Å². The van der Waals surface area contributed by atoms with Crippen molar-refractivity contribution in [1.82, 2.24) is 10.2 Å². The molecule has 4 rings (SSSR count). The van der Waals surface area contributed by atoms with Crippen molar-refractivity contribution in [2.45, 2.75) is 6.04 Å². The first-order chi connectivity index (χ1) is 13.3. The van der Waals surface area contributed by atoms with Gasteiger partial charge in [0.15, 0.2) is 0 Å². The molecule has 27 heavy (non-hydrogen) atoms. The molecule has 0 atom stereocenters. The topological polar surface area (TPSA) is 49.4 Å². The average Bonchev–Trinajstić information content (AvgIpc) is 2.97. The lowest BCUT2D eigenvalue weighted by Crippen LogP contribution is -2.37. The molecular formula is C23H20N2O2. The lowest BCUT2D eigenvalue weighted by molar-refractivity contribution is 0.0655. The maximum atomic E-state index is 12.5. The predicted molar refractivity (Wildman–Crippen MR) is 105 cm³/mol. The summed E-state index contributed by atoms with van der Waals surface area (Å²) in [7, 11) is 0. The third-order valence-electron chi connectivity index (χ3n) is 4.83. The number of carbonyl (C=O) groups excluding carboxylic acids is 2. The van der Waals surface area contributed by atoms with Gasteiger partial charge in [-0.05, 0) is 23.3 Å². The quantitative estimate of drug-likeness (QED) is 0.686. The van der Waals surface area contributed by atoms with Gasteiger partial charge in [-0.3, -0.25) is 14.5 Å². The van der Waals surface area contributed by atoms with Crippen molar-refractivity contribution >= 4 is 11.8 Å². The van der Waals surface area contributed by atoms with Gasteiger partial charge in [0, 0.05) is 13.1 Å². The van der Waals surface area contributed by atoms with Crippen molar-refractivity contribution < 1.29 is 9.59 Å². The zero-order valence-corrected chi connectivity index (χ0v) is 14.8. The molecule has 2 amide bonds. The first-order valence-corrected chi connectivity index (χ1v) is 9.04. The fraction of sp³-hybridized carbons (Fsp3) is 0.130. The molecule has 0 saturated heterocycles. The Labute approximate surface area is 158 Å². The van der Waals surface area contributed by atoms with Crippen LogP contribution in [0, 0.1) is 0 Å². The van der Waals surface area contributed by atoms with Gasteiger partial charge in [0.25, 0.3) is 11.8 Å². The summed E-state index contributed by atoms with van der Waals surface area (Å²) in [6.45, 7) is 0.850. The van der Waals surface area contributed by atoms with Gasteiger partial charge in [0.05, 0.1) is 17.2 Å². The van der Waals surface area contributed by atoms with Crippen molar-refractivity contribution in [3.8, 4) is 0 Å². The van der Waals surface area contributed by atoms with Crippen LogP contribution >= 0.6 is 0 Å². The third kappa shape index (κ3) is 3.39. The zero-order chi connectivity index (χ0) is 18.6. The minimum atomic E-state index is -0.214. The molecule has 0 unspecified atom stereocenters. The molecule has 3 aromatic rings. The summed E-state index contributed by atoms with van der Waals surface area (Å²) in [6, 6.07) is 27.3. The van der Waals surface area contributed by atoms with Crippen LogP contribution in [0.3, 0.4) is 0 Å². The summed E-state index contributed by atoms with van der Waals surface area (Å²) < 4.78 is 0. The molecule has 1 heterocycles. The average molecular weight is 356 g/mol. The van der Waals surface area contributed by atoms with E-state index in [-0.39, 0.29) is 17.9 Å². The Morgan fingerprint density at radius 3 is 1.59 bits per heavy atom. The summed E-state index contributed by atoms with van der Waals surface area (Å²) in [5.74, 6) is -0.429. The molecule has 0 saturated carbocycles. The van der Waals surface area contributed by atoms with E-state index in [0.717, 1.165) is 11.1 Å². The van der Waals surface area contributed by atoms with Crippen LogP contribution in [0.15, 0.2) is 84.9 Å². The molecule has 0 bridgehead atoms. The number of hydrogen-bond donors (Lipinski definition) is 1. The Bertz CT molecular complexity index is 880. The van der Waals surface area contributed by atoms with E-state index in [1.807, 2.05) is 36.4 Å². The Morgan fingerprint density at radius 1 is 0.667 bits per heavy atom. The first-order valence-electron chi connectivity index (χ1n) is 9.04. The van der Waals surface area contributed by atoms with E-state index in [4.69, 9.17) is 0 Å². The maximum Gasteiger partial charge on any atom is 0.261 e. The van der Waals surface area contributed by atoms with E-state index < -0.39 is 0 Å². The molecule has 1 aliphatic rings. The van der Waals surface area contributed by atoms with E-state index in [1.54, 1.807) is 24.3 Å². The number of imide groups is 1. The number of benzene rings is 3. The van der Waals surface area contributed by atoms with Crippen LogP contribution < -0.4 is 5.32 Å². The van der Waals surface area contributed by atoms with Crippen molar-refractivity contribution in [3.05, 3.63) is 107 Å². The van der Waals surface area contributed by atoms with Gasteiger partial charge < -0.3 is 5.32 Å². The molecule has 3 aromatic carbocycles. The smallest absolute Gasteiger partial charge is 0.261 e. The molecule has 0 spiro atoms. The van der Waals surface area contributed by atoms with Crippen LogP contribution in [0.2, 0.25) is 0 Å². The van der Waals surface area contributed by atoms with Gasteiger partial charge in [-0.15, -0.1) is 0 Å². The standard InChI is InChI=1S/C23H20N2O2/c26-22-19-13-7-8-14-20(19)23(27)25(22)16-15-24-21(17-9-3-1-4-10-17)18-11-5-2-6-12-18/h1-14,21,24H,15-16H2. The highest BCUT2D eigenvalue weighted by molar-refractivity contribution is 6.21. The molecule has 0 fully saturated rings. The van der Waals surface area contributed by atoms with Crippen molar-refractivity contribution in [1.29, 1.82) is 0 Å².